The Morgan fingerprint density at radius 2 is 1.59 bits per heavy atom. The number of piperidine rings is 1. The van der Waals surface area contributed by atoms with Gasteiger partial charge in [0, 0.05) is 11.6 Å². The Hall–Kier alpha value is -2.12. The van der Waals surface area contributed by atoms with E-state index in [9.17, 15) is 9.59 Å². The molecule has 3 rings (SSSR count). The number of fused-ring (bicyclic) bond motifs is 1. The zero-order valence-electron chi connectivity index (χ0n) is 23.9. The highest BCUT2D eigenvalue weighted by Gasteiger charge is 2.48. The van der Waals surface area contributed by atoms with Gasteiger partial charge in [-0.1, -0.05) is 78.0 Å². The summed E-state index contributed by atoms with van der Waals surface area (Å²) >= 11 is 0. The van der Waals surface area contributed by atoms with E-state index in [1.165, 1.54) is 0 Å². The molecule has 1 amide bonds. The minimum atomic E-state index is -2.11. The Balaban J connectivity index is 1.87. The summed E-state index contributed by atoms with van der Waals surface area (Å²) in [5.74, 6) is -0.409. The Morgan fingerprint density at radius 1 is 0.946 bits per heavy atom. The topological polar surface area (TPSA) is 65.1 Å². The van der Waals surface area contributed by atoms with E-state index in [2.05, 4.69) is 47.6 Å². The Morgan fingerprint density at radius 3 is 2.19 bits per heavy atom. The van der Waals surface area contributed by atoms with Crippen molar-refractivity contribution in [2.75, 3.05) is 13.2 Å². The van der Waals surface area contributed by atoms with E-state index in [0.717, 1.165) is 36.9 Å². The van der Waals surface area contributed by atoms with E-state index < -0.39 is 8.32 Å². The van der Waals surface area contributed by atoms with Crippen molar-refractivity contribution >= 4 is 20.4 Å². The van der Waals surface area contributed by atoms with Crippen molar-refractivity contribution in [3.63, 3.8) is 0 Å². The standard InChI is InChI=1S/C30H47NO5Si/c1-8-34-29(32)27-15-12-16-28-26(27)18-17-25(20-36-37(21(2)3,22(4)5)23(6)7)31(28)30(33)35-19-24-13-10-9-11-14-24/h9-11,13-14,16,21-23,25-27H,8,12,15,17-20H2,1-7H3/t25-,26-,27+/m0/s1. The van der Waals surface area contributed by atoms with E-state index in [0.29, 0.717) is 29.8 Å². The molecule has 0 N–H and O–H groups in total. The van der Waals surface area contributed by atoms with Gasteiger partial charge in [0.15, 0.2) is 8.32 Å². The highest BCUT2D eigenvalue weighted by Crippen LogP contribution is 2.45. The van der Waals surface area contributed by atoms with Crippen LogP contribution in [0.25, 0.3) is 0 Å². The lowest BCUT2D eigenvalue weighted by Gasteiger charge is -2.47. The van der Waals surface area contributed by atoms with Gasteiger partial charge in [-0.05, 0) is 54.8 Å². The Labute approximate surface area is 224 Å². The van der Waals surface area contributed by atoms with E-state index in [1.54, 1.807) is 0 Å². The molecule has 1 saturated heterocycles. The molecule has 0 spiro atoms. The third kappa shape index (κ3) is 6.48. The molecule has 1 aliphatic carbocycles. The number of carbonyl (C=O) groups excluding carboxylic acids is 2. The van der Waals surface area contributed by atoms with Crippen molar-refractivity contribution < 1.29 is 23.5 Å². The summed E-state index contributed by atoms with van der Waals surface area (Å²) in [7, 11) is -2.11. The molecule has 0 saturated carbocycles. The van der Waals surface area contributed by atoms with Crippen molar-refractivity contribution in [2.24, 2.45) is 11.8 Å². The lowest BCUT2D eigenvalue weighted by atomic mass is 9.75. The summed E-state index contributed by atoms with van der Waals surface area (Å²) in [4.78, 5) is 28.3. The SMILES string of the molecule is CCOC(=O)[C@@H]1CCC=C2[C@H]1CC[C@@H](CO[Si](C(C)C)(C(C)C)C(C)C)N2C(=O)OCc1ccccc1. The minimum Gasteiger partial charge on any atom is -0.466 e. The van der Waals surface area contributed by atoms with Gasteiger partial charge in [-0.3, -0.25) is 9.69 Å². The molecule has 1 fully saturated rings. The van der Waals surface area contributed by atoms with Crippen molar-refractivity contribution in [3.8, 4) is 0 Å². The summed E-state index contributed by atoms with van der Waals surface area (Å²) < 4.78 is 18.2. The molecule has 37 heavy (non-hydrogen) atoms. The maximum atomic E-state index is 13.7. The summed E-state index contributed by atoms with van der Waals surface area (Å²) in [6.45, 7) is 16.6. The van der Waals surface area contributed by atoms with Crippen LogP contribution in [0, 0.1) is 11.8 Å². The van der Waals surface area contributed by atoms with Crippen LogP contribution in [0.3, 0.4) is 0 Å². The number of carbonyl (C=O) groups is 2. The molecule has 3 atom stereocenters. The minimum absolute atomic E-state index is 0.0318. The van der Waals surface area contributed by atoms with Crippen molar-refractivity contribution in [1.82, 2.24) is 4.90 Å². The quantitative estimate of drug-likeness (QED) is 0.233. The van der Waals surface area contributed by atoms with E-state index in [4.69, 9.17) is 13.9 Å². The molecule has 1 heterocycles. The fourth-order valence-corrected chi connectivity index (χ4v) is 12.3. The normalized spacial score (nSPS) is 22.2. The van der Waals surface area contributed by atoms with Gasteiger partial charge in [0.2, 0.25) is 0 Å². The highest BCUT2D eigenvalue weighted by atomic mass is 28.4. The molecule has 0 bridgehead atoms. The number of rotatable bonds is 10. The summed E-state index contributed by atoms with van der Waals surface area (Å²) in [6, 6.07) is 9.63. The van der Waals surface area contributed by atoms with Gasteiger partial charge < -0.3 is 13.9 Å². The van der Waals surface area contributed by atoms with Gasteiger partial charge in [0.25, 0.3) is 0 Å². The molecule has 6 nitrogen and oxygen atoms in total. The maximum absolute atomic E-state index is 13.7. The second kappa shape index (κ2) is 13.1. The van der Waals surface area contributed by atoms with Crippen LogP contribution < -0.4 is 0 Å². The fraction of sp³-hybridized carbons (Fsp3) is 0.667. The van der Waals surface area contributed by atoms with Crippen LogP contribution in [0.2, 0.25) is 16.6 Å². The van der Waals surface area contributed by atoms with Gasteiger partial charge >= 0.3 is 12.1 Å². The lowest BCUT2D eigenvalue weighted by molar-refractivity contribution is -0.150. The fourth-order valence-electron chi connectivity index (χ4n) is 6.78. The van der Waals surface area contributed by atoms with Crippen LogP contribution in [-0.2, 0) is 25.3 Å². The molecule has 0 unspecified atom stereocenters. The Bertz CT molecular complexity index is 907. The first-order chi connectivity index (χ1) is 17.6. The summed E-state index contributed by atoms with van der Waals surface area (Å²) in [5, 5.41) is 0. The van der Waals surface area contributed by atoms with Crippen LogP contribution in [-0.4, -0.2) is 44.5 Å². The average molecular weight is 530 g/mol. The number of hydrogen-bond acceptors (Lipinski definition) is 5. The first-order valence-electron chi connectivity index (χ1n) is 14.1. The Kier molecular flexibility index (Phi) is 10.4. The predicted molar refractivity (Wildman–Crippen MR) is 149 cm³/mol. The number of esters is 1. The highest BCUT2D eigenvalue weighted by molar-refractivity contribution is 6.77. The van der Waals surface area contributed by atoms with Crippen LogP contribution in [0.5, 0.6) is 0 Å². The molecule has 0 aromatic heterocycles. The van der Waals surface area contributed by atoms with Crippen molar-refractivity contribution in [1.29, 1.82) is 0 Å². The zero-order chi connectivity index (χ0) is 27.2. The van der Waals surface area contributed by atoms with Crippen molar-refractivity contribution in [2.45, 2.75) is 103 Å². The molecule has 1 aromatic carbocycles. The zero-order valence-corrected chi connectivity index (χ0v) is 24.9. The number of benzene rings is 1. The van der Waals surface area contributed by atoms with Crippen LogP contribution >= 0.6 is 0 Å². The van der Waals surface area contributed by atoms with Gasteiger partial charge in [0.1, 0.15) is 6.61 Å². The first kappa shape index (κ1) is 29.4. The maximum Gasteiger partial charge on any atom is 0.414 e. The molecule has 1 aromatic rings. The molecule has 7 heteroatoms. The largest absolute Gasteiger partial charge is 0.466 e. The van der Waals surface area contributed by atoms with Gasteiger partial charge in [-0.2, -0.15) is 0 Å². The van der Waals surface area contributed by atoms with Crippen LogP contribution in [0.15, 0.2) is 42.1 Å². The summed E-state index contributed by atoms with van der Waals surface area (Å²) in [6.07, 6.45) is 4.89. The van der Waals surface area contributed by atoms with Gasteiger partial charge in [-0.15, -0.1) is 0 Å². The molecular formula is C30H47NO5Si. The second-order valence-electron chi connectivity index (χ2n) is 11.4. The molecule has 1 aliphatic heterocycles. The van der Waals surface area contributed by atoms with E-state index in [-0.39, 0.29) is 36.5 Å². The third-order valence-corrected chi connectivity index (χ3v) is 14.5. The van der Waals surface area contributed by atoms with Gasteiger partial charge in [0.05, 0.1) is 25.2 Å². The molecule has 2 aliphatic rings. The van der Waals surface area contributed by atoms with E-state index in [1.807, 2.05) is 42.2 Å². The van der Waals surface area contributed by atoms with E-state index >= 15 is 0 Å². The smallest absolute Gasteiger partial charge is 0.414 e. The number of hydrogen-bond donors (Lipinski definition) is 0. The number of ether oxygens (including phenoxy) is 2. The number of amides is 1. The number of likely N-dealkylation sites (tertiary alicyclic amines) is 1. The van der Waals surface area contributed by atoms with Crippen LogP contribution in [0.1, 0.15) is 79.7 Å². The van der Waals surface area contributed by atoms with Crippen molar-refractivity contribution in [3.05, 3.63) is 47.7 Å². The van der Waals surface area contributed by atoms with Gasteiger partial charge in [-0.25, -0.2) is 4.79 Å². The third-order valence-electron chi connectivity index (χ3n) is 8.37. The molecule has 0 radical (unpaired) electrons. The molecular weight excluding hydrogens is 482 g/mol. The first-order valence-corrected chi connectivity index (χ1v) is 16.3. The monoisotopic (exact) mass is 529 g/mol. The van der Waals surface area contributed by atoms with Crippen LogP contribution in [0.4, 0.5) is 4.79 Å². The predicted octanol–water partition coefficient (Wildman–Crippen LogP) is 7.45. The lowest BCUT2D eigenvalue weighted by Crippen LogP contribution is -2.54. The number of nitrogens with zero attached hydrogens (tertiary/aromatic N) is 1. The summed E-state index contributed by atoms with van der Waals surface area (Å²) in [5.41, 5.74) is 3.25. The average Bonchev–Trinajstić information content (AvgIpc) is 2.87. The second-order valence-corrected chi connectivity index (χ2v) is 16.9. The molecule has 206 valence electrons. The number of allylic oxidation sites excluding steroid dienone is 2.